The van der Waals surface area contributed by atoms with Crippen molar-refractivity contribution >= 4 is 5.78 Å². The van der Waals surface area contributed by atoms with Crippen LogP contribution in [-0.2, 0) is 4.79 Å². The standard InChI is InChI=1S/C12H10O/c1-2-12-9-4-3-5(13)7(11(9)12)8-6(4)10(8)12/h1,4,6-11H,3H2/t4-,6+,7+,8+,9-,10-,11+,12+/m0/s1. The number of carbonyl (C=O) groups is 1. The molecule has 0 unspecified atom stereocenters. The number of terminal acetylenes is 1. The molecular weight excluding hydrogens is 160 g/mol. The molecule has 0 radical (unpaired) electrons. The first-order valence-electron chi connectivity index (χ1n) is 5.33. The maximum atomic E-state index is 11.7. The minimum Gasteiger partial charge on any atom is -0.299 e. The molecule has 1 heteroatoms. The van der Waals surface area contributed by atoms with E-state index >= 15 is 0 Å². The molecule has 6 aliphatic carbocycles. The van der Waals surface area contributed by atoms with E-state index in [9.17, 15) is 4.79 Å². The molecule has 1 nitrogen and oxygen atoms in total. The maximum Gasteiger partial charge on any atom is 0.136 e. The van der Waals surface area contributed by atoms with Crippen LogP contribution in [-0.4, -0.2) is 5.78 Å². The zero-order chi connectivity index (χ0) is 8.53. The summed E-state index contributed by atoms with van der Waals surface area (Å²) in [7, 11) is 0. The molecule has 6 fully saturated rings. The molecule has 0 aromatic carbocycles. The van der Waals surface area contributed by atoms with Crippen molar-refractivity contribution in [2.75, 3.05) is 0 Å². The van der Waals surface area contributed by atoms with Crippen molar-refractivity contribution in [2.45, 2.75) is 6.42 Å². The molecule has 0 heterocycles. The summed E-state index contributed by atoms with van der Waals surface area (Å²) in [4.78, 5) is 11.7. The summed E-state index contributed by atoms with van der Waals surface area (Å²) < 4.78 is 0. The number of ketones is 1. The van der Waals surface area contributed by atoms with E-state index in [2.05, 4.69) is 5.92 Å². The largest absolute Gasteiger partial charge is 0.299 e. The summed E-state index contributed by atoms with van der Waals surface area (Å²) >= 11 is 0. The Kier molecular flexibility index (Phi) is 0.543. The van der Waals surface area contributed by atoms with Gasteiger partial charge in [-0.25, -0.2) is 0 Å². The molecule has 0 amide bonds. The lowest BCUT2D eigenvalue weighted by atomic mass is 9.70. The number of hydrogen-bond donors (Lipinski definition) is 0. The van der Waals surface area contributed by atoms with Crippen molar-refractivity contribution in [2.24, 2.45) is 46.8 Å². The summed E-state index contributed by atoms with van der Waals surface area (Å²) in [5.74, 6) is 8.69. The molecule has 6 rings (SSSR count). The normalized spacial score (nSPS) is 78.1. The Morgan fingerprint density at radius 3 is 2.69 bits per heavy atom. The van der Waals surface area contributed by atoms with E-state index in [1.54, 1.807) is 0 Å². The fourth-order valence-electron chi connectivity index (χ4n) is 5.87. The van der Waals surface area contributed by atoms with Crippen LogP contribution >= 0.6 is 0 Å². The fraction of sp³-hybridized carbons (Fsp3) is 0.750. The summed E-state index contributed by atoms with van der Waals surface area (Å²) in [6.45, 7) is 0. The Bertz CT molecular complexity index is 413. The second-order valence-corrected chi connectivity index (χ2v) is 5.67. The predicted molar refractivity (Wildman–Crippen MR) is 45.3 cm³/mol. The van der Waals surface area contributed by atoms with Gasteiger partial charge in [0.2, 0.25) is 0 Å². The molecule has 0 aromatic rings. The molecule has 6 aliphatic rings. The van der Waals surface area contributed by atoms with Gasteiger partial charge in [-0.3, -0.25) is 4.79 Å². The van der Waals surface area contributed by atoms with Gasteiger partial charge in [0.1, 0.15) is 5.78 Å². The second-order valence-electron chi connectivity index (χ2n) is 5.67. The Morgan fingerprint density at radius 2 is 2.15 bits per heavy atom. The van der Waals surface area contributed by atoms with Crippen LogP contribution in [0.1, 0.15) is 6.42 Å². The monoisotopic (exact) mass is 170 g/mol. The Balaban J connectivity index is 1.85. The molecule has 0 saturated heterocycles. The fourth-order valence-corrected chi connectivity index (χ4v) is 5.87. The third kappa shape index (κ3) is 0.303. The van der Waals surface area contributed by atoms with E-state index in [0.29, 0.717) is 17.6 Å². The molecule has 0 aliphatic heterocycles. The van der Waals surface area contributed by atoms with Gasteiger partial charge in [0.05, 0.1) is 0 Å². The second kappa shape index (κ2) is 1.21. The average molecular weight is 170 g/mol. The number of fused-ring (bicyclic) bond motifs is 1. The number of carbonyl (C=O) groups excluding carboxylic acids is 1. The van der Waals surface area contributed by atoms with Gasteiger partial charge >= 0.3 is 0 Å². The van der Waals surface area contributed by atoms with E-state index in [1.807, 2.05) is 0 Å². The van der Waals surface area contributed by atoms with Crippen LogP contribution in [0, 0.1) is 59.2 Å². The van der Waals surface area contributed by atoms with E-state index in [1.165, 1.54) is 0 Å². The Hall–Kier alpha value is -0.770. The molecule has 0 N–H and O–H groups in total. The maximum absolute atomic E-state index is 11.7. The van der Waals surface area contributed by atoms with Gasteiger partial charge in [0, 0.05) is 17.8 Å². The SMILES string of the molecule is C#C[C@@]12[C@H]3[C@@H]4[C@@H]5CC(=O)[C@H]([C@@H]43)[C@@H]1[C@H]52. The van der Waals surface area contributed by atoms with Gasteiger partial charge in [-0.2, -0.15) is 0 Å². The summed E-state index contributed by atoms with van der Waals surface area (Å²) in [5.41, 5.74) is 0.261. The third-order valence-electron chi connectivity index (χ3n) is 5.88. The third-order valence-corrected chi connectivity index (χ3v) is 5.88. The van der Waals surface area contributed by atoms with Gasteiger partial charge in [-0.1, -0.05) is 5.92 Å². The van der Waals surface area contributed by atoms with Gasteiger partial charge < -0.3 is 0 Å². The van der Waals surface area contributed by atoms with Gasteiger partial charge in [-0.05, 0) is 35.5 Å². The molecule has 2 bridgehead atoms. The number of hydrogen-bond acceptors (Lipinski definition) is 1. The molecule has 6 saturated carbocycles. The molecule has 13 heavy (non-hydrogen) atoms. The molecule has 0 aromatic heterocycles. The first-order valence-corrected chi connectivity index (χ1v) is 5.33. The van der Waals surface area contributed by atoms with E-state index in [-0.39, 0.29) is 5.41 Å². The molecule has 8 atom stereocenters. The zero-order valence-electron chi connectivity index (χ0n) is 7.23. The Labute approximate surface area is 76.9 Å². The number of Topliss-reactive ketones (excluding diaryl/α,β-unsaturated/α-hetero) is 1. The van der Waals surface area contributed by atoms with Gasteiger partial charge in [-0.15, -0.1) is 6.42 Å². The highest BCUT2D eigenvalue weighted by Crippen LogP contribution is 2.96. The highest BCUT2D eigenvalue weighted by atomic mass is 16.1. The molecule has 64 valence electrons. The lowest BCUT2D eigenvalue weighted by molar-refractivity contribution is -0.130. The first kappa shape index (κ1) is 5.86. The lowest BCUT2D eigenvalue weighted by Crippen LogP contribution is -2.35. The van der Waals surface area contributed by atoms with Crippen molar-refractivity contribution in [3.8, 4) is 12.3 Å². The van der Waals surface area contributed by atoms with Crippen LogP contribution in [0.5, 0.6) is 0 Å². The summed E-state index contributed by atoms with van der Waals surface area (Å²) in [6, 6.07) is 0. The van der Waals surface area contributed by atoms with Crippen LogP contribution in [0.3, 0.4) is 0 Å². The van der Waals surface area contributed by atoms with Crippen LogP contribution in [0.4, 0.5) is 0 Å². The minimum absolute atomic E-state index is 0.261. The quantitative estimate of drug-likeness (QED) is 0.495. The van der Waals surface area contributed by atoms with Crippen molar-refractivity contribution in [1.82, 2.24) is 0 Å². The van der Waals surface area contributed by atoms with Crippen molar-refractivity contribution in [3.05, 3.63) is 0 Å². The summed E-state index contributed by atoms with van der Waals surface area (Å²) in [6.07, 6.45) is 6.56. The van der Waals surface area contributed by atoms with E-state index < -0.39 is 0 Å². The Morgan fingerprint density at radius 1 is 1.31 bits per heavy atom. The average Bonchev–Trinajstić information content (AvgIpc) is 2.94. The van der Waals surface area contributed by atoms with E-state index in [0.717, 1.165) is 36.0 Å². The highest BCUT2D eigenvalue weighted by molar-refractivity contribution is 5.88. The van der Waals surface area contributed by atoms with Gasteiger partial charge in [0.25, 0.3) is 0 Å². The van der Waals surface area contributed by atoms with Crippen LogP contribution in [0.25, 0.3) is 0 Å². The zero-order valence-corrected chi connectivity index (χ0v) is 7.23. The number of rotatable bonds is 0. The predicted octanol–water partition coefficient (Wildman–Crippen LogP) is 0.947. The topological polar surface area (TPSA) is 17.1 Å². The van der Waals surface area contributed by atoms with Crippen LogP contribution < -0.4 is 0 Å². The van der Waals surface area contributed by atoms with Crippen LogP contribution in [0.2, 0.25) is 0 Å². The van der Waals surface area contributed by atoms with Crippen molar-refractivity contribution in [3.63, 3.8) is 0 Å². The highest BCUT2D eigenvalue weighted by Gasteiger charge is 2.96. The van der Waals surface area contributed by atoms with Gasteiger partial charge in [0.15, 0.2) is 0 Å². The van der Waals surface area contributed by atoms with Crippen LogP contribution in [0.15, 0.2) is 0 Å². The van der Waals surface area contributed by atoms with E-state index in [4.69, 9.17) is 6.42 Å². The summed E-state index contributed by atoms with van der Waals surface area (Å²) in [5, 5.41) is 0. The van der Waals surface area contributed by atoms with Crippen molar-refractivity contribution in [1.29, 1.82) is 0 Å². The minimum atomic E-state index is 0.261. The van der Waals surface area contributed by atoms with Crippen molar-refractivity contribution < 1.29 is 4.79 Å². The smallest absolute Gasteiger partial charge is 0.136 e. The lowest BCUT2D eigenvalue weighted by Gasteiger charge is -2.32. The molecule has 0 spiro atoms. The first-order chi connectivity index (χ1) is 6.32. The molecular formula is C12H10O.